The molecule has 0 radical (unpaired) electrons. The minimum atomic E-state index is -0.296. The van der Waals surface area contributed by atoms with Crippen molar-refractivity contribution in [3.63, 3.8) is 0 Å². The highest BCUT2D eigenvalue weighted by Gasteiger charge is 2.21. The van der Waals surface area contributed by atoms with E-state index in [0.717, 1.165) is 21.3 Å². The largest absolute Gasteiger partial charge is 0.293 e. The van der Waals surface area contributed by atoms with E-state index in [-0.39, 0.29) is 11.0 Å². The summed E-state index contributed by atoms with van der Waals surface area (Å²) in [7, 11) is 0. The number of rotatable bonds is 5. The van der Waals surface area contributed by atoms with Gasteiger partial charge in [-0.2, -0.15) is 4.68 Å². The van der Waals surface area contributed by atoms with Gasteiger partial charge in [0.15, 0.2) is 5.78 Å². The van der Waals surface area contributed by atoms with Crippen molar-refractivity contribution in [3.05, 3.63) is 63.6 Å². The lowest BCUT2D eigenvalue weighted by Gasteiger charge is -2.13. The van der Waals surface area contributed by atoms with Crippen LogP contribution in [0.1, 0.15) is 28.4 Å². The first kappa shape index (κ1) is 17.8. The van der Waals surface area contributed by atoms with Gasteiger partial charge in [0.2, 0.25) is 5.16 Å². The fraction of sp³-hybridized carbons (Fsp3) is 0.222. The zero-order chi connectivity index (χ0) is 18.0. The van der Waals surface area contributed by atoms with Gasteiger partial charge in [-0.25, -0.2) is 0 Å². The van der Waals surface area contributed by atoms with Crippen LogP contribution in [-0.2, 0) is 0 Å². The number of carbonyl (C=O) groups is 1. The van der Waals surface area contributed by atoms with Crippen LogP contribution in [0.5, 0.6) is 0 Å². The predicted octanol–water partition coefficient (Wildman–Crippen LogP) is 4.41. The van der Waals surface area contributed by atoms with Gasteiger partial charge in [-0.15, -0.1) is 5.10 Å². The van der Waals surface area contributed by atoms with Crippen molar-refractivity contribution in [2.75, 3.05) is 0 Å². The van der Waals surface area contributed by atoms with Gasteiger partial charge in [0, 0.05) is 10.0 Å². The lowest BCUT2D eigenvalue weighted by molar-refractivity contribution is 0.0994. The summed E-state index contributed by atoms with van der Waals surface area (Å²) in [6, 6.07) is 13.4. The number of halogens is 1. The summed E-state index contributed by atoms with van der Waals surface area (Å²) in [6.07, 6.45) is 0. The molecule has 3 rings (SSSR count). The number of hydrogen-bond acceptors (Lipinski definition) is 5. The van der Waals surface area contributed by atoms with Gasteiger partial charge in [0.25, 0.3) is 0 Å². The number of aromatic nitrogens is 4. The third-order valence-corrected chi connectivity index (χ3v) is 5.43. The normalized spacial score (nSPS) is 12.2. The maximum absolute atomic E-state index is 12.6. The standard InChI is InChI=1S/C18H17BrN4OS/c1-11-5-4-6-12(2)16(11)23-18(20-21-22-23)25-13(3)17(24)14-7-9-15(19)10-8-14/h4-10,13H,1-3H3/t13-/m1/s1. The van der Waals surface area contributed by atoms with E-state index < -0.39 is 0 Å². The molecule has 0 spiro atoms. The molecule has 3 aromatic rings. The molecule has 1 aromatic heterocycles. The Labute approximate surface area is 159 Å². The Morgan fingerprint density at radius 3 is 2.40 bits per heavy atom. The van der Waals surface area contributed by atoms with Crippen molar-refractivity contribution < 1.29 is 4.79 Å². The zero-order valence-corrected chi connectivity index (χ0v) is 16.5. The number of thioether (sulfide) groups is 1. The summed E-state index contributed by atoms with van der Waals surface area (Å²) in [5, 5.41) is 12.3. The summed E-state index contributed by atoms with van der Waals surface area (Å²) in [4.78, 5) is 12.6. The number of Topliss-reactive ketones (excluding diaryl/α,β-unsaturated/α-hetero) is 1. The van der Waals surface area contributed by atoms with Gasteiger partial charge in [-0.1, -0.05) is 58.0 Å². The highest BCUT2D eigenvalue weighted by atomic mass is 79.9. The predicted molar refractivity (Wildman–Crippen MR) is 102 cm³/mol. The Balaban J connectivity index is 1.86. The van der Waals surface area contributed by atoms with Crippen LogP contribution in [0, 0.1) is 13.8 Å². The molecule has 0 bridgehead atoms. The number of tetrazole rings is 1. The molecule has 0 aliphatic heterocycles. The van der Waals surface area contributed by atoms with Gasteiger partial charge in [0.05, 0.1) is 10.9 Å². The molecule has 0 fully saturated rings. The second-order valence-electron chi connectivity index (χ2n) is 5.74. The fourth-order valence-electron chi connectivity index (χ4n) is 2.59. The summed E-state index contributed by atoms with van der Waals surface area (Å²) in [6.45, 7) is 5.92. The van der Waals surface area contributed by atoms with Crippen LogP contribution in [0.3, 0.4) is 0 Å². The van der Waals surface area contributed by atoms with E-state index >= 15 is 0 Å². The number of benzene rings is 2. The molecular formula is C18H17BrN4OS. The lowest BCUT2D eigenvalue weighted by atomic mass is 10.1. The smallest absolute Gasteiger partial charge is 0.214 e. The zero-order valence-electron chi connectivity index (χ0n) is 14.1. The molecule has 0 saturated carbocycles. The topological polar surface area (TPSA) is 60.7 Å². The molecule has 7 heteroatoms. The summed E-state index contributed by atoms with van der Waals surface area (Å²) in [5.41, 5.74) is 3.80. The number of nitrogens with zero attached hydrogens (tertiary/aromatic N) is 4. The monoisotopic (exact) mass is 416 g/mol. The third-order valence-electron chi connectivity index (χ3n) is 3.87. The molecular weight excluding hydrogens is 400 g/mol. The Kier molecular flexibility index (Phi) is 5.34. The van der Waals surface area contributed by atoms with Crippen molar-refractivity contribution in [3.8, 4) is 5.69 Å². The second kappa shape index (κ2) is 7.49. The molecule has 0 amide bonds. The molecule has 0 unspecified atom stereocenters. The molecule has 1 heterocycles. The van der Waals surface area contributed by atoms with Crippen LogP contribution in [-0.4, -0.2) is 31.2 Å². The summed E-state index contributed by atoms with van der Waals surface area (Å²) >= 11 is 4.74. The van der Waals surface area contributed by atoms with E-state index in [1.54, 1.807) is 4.68 Å². The van der Waals surface area contributed by atoms with E-state index in [9.17, 15) is 4.79 Å². The average molecular weight is 417 g/mol. The number of carbonyl (C=O) groups excluding carboxylic acids is 1. The highest BCUT2D eigenvalue weighted by Crippen LogP contribution is 2.28. The van der Waals surface area contributed by atoms with Crippen molar-refractivity contribution in [1.82, 2.24) is 20.2 Å². The number of aryl methyl sites for hydroxylation is 2. The molecule has 0 N–H and O–H groups in total. The van der Waals surface area contributed by atoms with Crippen molar-refractivity contribution in [2.45, 2.75) is 31.2 Å². The van der Waals surface area contributed by atoms with E-state index in [2.05, 4.69) is 31.5 Å². The Hall–Kier alpha value is -1.99. The first-order valence-corrected chi connectivity index (χ1v) is 9.46. The van der Waals surface area contributed by atoms with Crippen LogP contribution >= 0.6 is 27.7 Å². The highest BCUT2D eigenvalue weighted by molar-refractivity contribution is 9.10. The van der Waals surface area contributed by atoms with Gasteiger partial charge in [0.1, 0.15) is 0 Å². The van der Waals surface area contributed by atoms with E-state index in [1.807, 2.05) is 63.2 Å². The van der Waals surface area contributed by atoms with Crippen LogP contribution < -0.4 is 0 Å². The Bertz CT molecular complexity index is 887. The molecule has 0 aliphatic carbocycles. The van der Waals surface area contributed by atoms with Crippen LogP contribution in [0.15, 0.2) is 52.1 Å². The molecule has 128 valence electrons. The van der Waals surface area contributed by atoms with E-state index in [0.29, 0.717) is 10.7 Å². The summed E-state index contributed by atoms with van der Waals surface area (Å²) in [5.74, 6) is 0.0496. The lowest BCUT2D eigenvalue weighted by Crippen LogP contribution is -2.15. The van der Waals surface area contributed by atoms with Gasteiger partial charge in [-0.3, -0.25) is 4.79 Å². The first-order valence-electron chi connectivity index (χ1n) is 7.79. The Morgan fingerprint density at radius 2 is 1.76 bits per heavy atom. The number of para-hydroxylation sites is 1. The van der Waals surface area contributed by atoms with E-state index in [1.165, 1.54) is 11.8 Å². The third kappa shape index (κ3) is 3.82. The molecule has 1 atom stereocenters. The fourth-order valence-corrected chi connectivity index (χ4v) is 3.73. The minimum absolute atomic E-state index is 0.0496. The average Bonchev–Trinajstić information content (AvgIpc) is 3.02. The van der Waals surface area contributed by atoms with Crippen molar-refractivity contribution in [1.29, 1.82) is 0 Å². The first-order chi connectivity index (χ1) is 12.0. The molecule has 2 aromatic carbocycles. The molecule has 0 aliphatic rings. The van der Waals surface area contributed by atoms with Crippen LogP contribution in [0.4, 0.5) is 0 Å². The van der Waals surface area contributed by atoms with Crippen LogP contribution in [0.25, 0.3) is 5.69 Å². The SMILES string of the molecule is Cc1cccc(C)c1-n1nnnc1S[C@H](C)C(=O)c1ccc(Br)cc1. The molecule has 25 heavy (non-hydrogen) atoms. The number of hydrogen-bond donors (Lipinski definition) is 0. The van der Waals surface area contributed by atoms with E-state index in [4.69, 9.17) is 0 Å². The Morgan fingerprint density at radius 1 is 1.12 bits per heavy atom. The molecule has 5 nitrogen and oxygen atoms in total. The summed E-state index contributed by atoms with van der Waals surface area (Å²) < 4.78 is 2.66. The molecule has 0 saturated heterocycles. The maximum atomic E-state index is 12.6. The maximum Gasteiger partial charge on any atom is 0.214 e. The van der Waals surface area contributed by atoms with Crippen molar-refractivity contribution >= 4 is 33.5 Å². The minimum Gasteiger partial charge on any atom is -0.293 e. The van der Waals surface area contributed by atoms with Crippen LogP contribution in [0.2, 0.25) is 0 Å². The van der Waals surface area contributed by atoms with Crippen molar-refractivity contribution in [2.24, 2.45) is 0 Å². The van der Waals surface area contributed by atoms with Gasteiger partial charge >= 0.3 is 0 Å². The van der Waals surface area contributed by atoms with Gasteiger partial charge in [-0.05, 0) is 54.5 Å². The second-order valence-corrected chi connectivity index (χ2v) is 7.97. The number of ketones is 1. The quantitative estimate of drug-likeness (QED) is 0.455. The van der Waals surface area contributed by atoms with Gasteiger partial charge < -0.3 is 0 Å².